The molecule has 0 spiro atoms. The minimum atomic E-state index is -4.51. The molecule has 0 unspecified atom stereocenters. The van der Waals surface area contributed by atoms with Crippen molar-refractivity contribution in [3.05, 3.63) is 57.3 Å². The lowest BCUT2D eigenvalue weighted by Crippen LogP contribution is -2.51. The highest BCUT2D eigenvalue weighted by Gasteiger charge is 2.32. The predicted octanol–water partition coefficient (Wildman–Crippen LogP) is 5.06. The number of fused-ring (bicyclic) bond motifs is 1. The Morgan fingerprint density at radius 1 is 1.10 bits per heavy atom. The van der Waals surface area contributed by atoms with Gasteiger partial charge in [0.05, 0.1) is 17.4 Å². The van der Waals surface area contributed by atoms with E-state index in [4.69, 9.17) is 14.5 Å². The molecule has 1 aromatic carbocycles. The number of ether oxygens (including phenoxy) is 2. The Kier molecular flexibility index (Phi) is 9.90. The number of carbonyl (C=O) groups excluding carboxylic acids is 2. The van der Waals surface area contributed by atoms with Gasteiger partial charge in [0.15, 0.2) is 5.82 Å². The van der Waals surface area contributed by atoms with E-state index in [-0.39, 0.29) is 29.7 Å². The number of amides is 2. The van der Waals surface area contributed by atoms with Gasteiger partial charge in [0.2, 0.25) is 11.7 Å². The van der Waals surface area contributed by atoms with Crippen LogP contribution in [-0.2, 0) is 33.4 Å². The molecule has 2 amide bonds. The molecule has 1 saturated heterocycles. The second-order valence-corrected chi connectivity index (χ2v) is 13.1. The molecule has 3 heterocycles. The summed E-state index contributed by atoms with van der Waals surface area (Å²) < 4.78 is 53.6. The fraction of sp³-hybridized carbons (Fsp3) is 0.545. The summed E-state index contributed by atoms with van der Waals surface area (Å²) in [6.07, 6.45) is -0.405. The minimum absolute atomic E-state index is 0.0841. The molecule has 1 atom stereocenters. The van der Waals surface area contributed by atoms with Gasteiger partial charge in [-0.1, -0.05) is 13.0 Å². The number of rotatable bonds is 7. The van der Waals surface area contributed by atoms with Crippen molar-refractivity contribution in [1.82, 2.24) is 24.1 Å². The molecule has 2 aromatic heterocycles. The van der Waals surface area contributed by atoms with Crippen LogP contribution in [0.3, 0.4) is 0 Å². The van der Waals surface area contributed by atoms with Crippen molar-refractivity contribution in [1.29, 1.82) is 0 Å². The molecule has 1 aliphatic heterocycles. The van der Waals surface area contributed by atoms with Gasteiger partial charge in [-0.05, 0) is 82.7 Å². The number of nitrogens with one attached hydrogen (secondary N) is 1. The smallest absolute Gasteiger partial charge is 0.416 e. The third-order valence-corrected chi connectivity index (χ3v) is 8.52. The van der Waals surface area contributed by atoms with Gasteiger partial charge in [0.1, 0.15) is 17.8 Å². The fourth-order valence-electron chi connectivity index (χ4n) is 6.05. The average Bonchev–Trinajstić information content (AvgIpc) is 3.48. The van der Waals surface area contributed by atoms with Crippen LogP contribution in [0.1, 0.15) is 69.6 Å². The van der Waals surface area contributed by atoms with Crippen molar-refractivity contribution in [2.24, 2.45) is 0 Å². The molecule has 12 nitrogen and oxygen atoms in total. The SMILES string of the molecule is CCc1c(N2CCN(C(=O)OC(C)(C)C)CC2)c(=O)n2nc(C3=CC[C@H](OC)CC3)nc2n1CC(=O)Nc1ccc(C(F)(F)F)cc1C. The molecule has 0 radical (unpaired) electrons. The largest absolute Gasteiger partial charge is 0.444 e. The zero-order valence-corrected chi connectivity index (χ0v) is 28.1. The maximum atomic E-state index is 14.2. The number of alkyl halides is 3. The lowest BCUT2D eigenvalue weighted by molar-refractivity contribution is -0.137. The number of piperazine rings is 1. The van der Waals surface area contributed by atoms with Crippen molar-refractivity contribution < 1.29 is 32.2 Å². The maximum absolute atomic E-state index is 14.2. The molecular weight excluding hydrogens is 631 g/mol. The van der Waals surface area contributed by atoms with E-state index < -0.39 is 34.9 Å². The number of halogens is 3. The van der Waals surface area contributed by atoms with Gasteiger partial charge in [-0.15, -0.1) is 5.10 Å². The Labute approximate surface area is 276 Å². The summed E-state index contributed by atoms with van der Waals surface area (Å²) in [5.74, 6) is 0.0450. The van der Waals surface area contributed by atoms with E-state index in [1.165, 1.54) is 17.5 Å². The topological polar surface area (TPSA) is 123 Å². The van der Waals surface area contributed by atoms with Crippen LogP contribution >= 0.6 is 0 Å². The number of nitrogens with zero attached hydrogens (tertiary/aromatic N) is 6. The van der Waals surface area contributed by atoms with Crippen molar-refractivity contribution >= 4 is 34.7 Å². The van der Waals surface area contributed by atoms with E-state index in [1.807, 2.05) is 17.9 Å². The van der Waals surface area contributed by atoms with E-state index in [0.29, 0.717) is 62.6 Å². The maximum Gasteiger partial charge on any atom is 0.416 e. The third kappa shape index (κ3) is 7.50. The van der Waals surface area contributed by atoms with Crippen LogP contribution in [-0.4, -0.2) is 81.1 Å². The highest BCUT2D eigenvalue weighted by molar-refractivity contribution is 5.91. The normalized spacial score (nSPS) is 17.4. The Morgan fingerprint density at radius 3 is 2.38 bits per heavy atom. The van der Waals surface area contributed by atoms with Crippen LogP contribution in [0.15, 0.2) is 29.1 Å². The Hall–Kier alpha value is -4.40. The number of hydrogen-bond acceptors (Lipinski definition) is 8. The summed E-state index contributed by atoms with van der Waals surface area (Å²) in [6.45, 7) is 9.80. The monoisotopic (exact) mass is 673 g/mol. The van der Waals surface area contributed by atoms with E-state index in [1.54, 1.807) is 37.3 Å². The van der Waals surface area contributed by atoms with Gasteiger partial charge in [0.25, 0.3) is 5.56 Å². The van der Waals surface area contributed by atoms with Crippen LogP contribution in [0.4, 0.5) is 29.3 Å². The van der Waals surface area contributed by atoms with Crippen LogP contribution in [0.25, 0.3) is 11.4 Å². The van der Waals surface area contributed by atoms with Crippen molar-refractivity contribution in [3.63, 3.8) is 0 Å². The second kappa shape index (κ2) is 13.6. The third-order valence-electron chi connectivity index (χ3n) is 8.52. The molecule has 0 bridgehead atoms. The van der Waals surface area contributed by atoms with Gasteiger partial charge >= 0.3 is 12.3 Å². The van der Waals surface area contributed by atoms with Crippen molar-refractivity contribution in [2.45, 2.75) is 84.7 Å². The van der Waals surface area contributed by atoms with Crippen molar-refractivity contribution in [2.75, 3.05) is 43.5 Å². The highest BCUT2D eigenvalue weighted by atomic mass is 19.4. The summed E-state index contributed by atoms with van der Waals surface area (Å²) in [5, 5.41) is 7.34. The van der Waals surface area contributed by atoms with E-state index in [0.717, 1.165) is 24.1 Å². The number of carbonyl (C=O) groups is 2. The lowest BCUT2D eigenvalue weighted by Gasteiger charge is -2.37. The number of anilines is 2. The quantitative estimate of drug-likeness (QED) is 0.370. The number of allylic oxidation sites excluding steroid dienone is 1. The average molecular weight is 674 g/mol. The van der Waals surface area contributed by atoms with E-state index >= 15 is 0 Å². The highest BCUT2D eigenvalue weighted by Crippen LogP contribution is 2.32. The lowest BCUT2D eigenvalue weighted by atomic mass is 9.97. The molecule has 2 aliphatic rings. The molecule has 1 fully saturated rings. The second-order valence-electron chi connectivity index (χ2n) is 13.1. The molecular formula is C33H42F3N7O5. The summed E-state index contributed by atoms with van der Waals surface area (Å²) in [7, 11) is 1.66. The Morgan fingerprint density at radius 2 is 1.81 bits per heavy atom. The Balaban J connectivity index is 1.52. The zero-order valence-electron chi connectivity index (χ0n) is 28.1. The Bertz CT molecular complexity index is 1780. The van der Waals surface area contributed by atoms with Gasteiger partial charge in [-0.3, -0.25) is 9.59 Å². The first kappa shape index (κ1) is 34.9. The van der Waals surface area contributed by atoms with E-state index in [9.17, 15) is 27.6 Å². The van der Waals surface area contributed by atoms with Crippen LogP contribution < -0.4 is 15.8 Å². The predicted molar refractivity (Wildman–Crippen MR) is 174 cm³/mol. The van der Waals surface area contributed by atoms with Crippen molar-refractivity contribution in [3.8, 4) is 0 Å². The van der Waals surface area contributed by atoms with Gasteiger partial charge in [0, 0.05) is 39.0 Å². The zero-order chi connectivity index (χ0) is 35.0. The number of aromatic nitrogens is 4. The van der Waals surface area contributed by atoms with E-state index in [2.05, 4.69) is 10.4 Å². The van der Waals surface area contributed by atoms with Gasteiger partial charge < -0.3 is 29.2 Å². The summed E-state index contributed by atoms with van der Waals surface area (Å²) in [6, 6.07) is 3.13. The summed E-state index contributed by atoms with van der Waals surface area (Å²) >= 11 is 0. The molecule has 260 valence electrons. The summed E-state index contributed by atoms with van der Waals surface area (Å²) in [4.78, 5) is 48.6. The number of methoxy groups -OCH3 is 1. The summed E-state index contributed by atoms with van der Waals surface area (Å²) in [5.41, 5.74) is 0.407. The molecule has 3 aromatic rings. The molecule has 0 saturated carbocycles. The number of benzene rings is 1. The molecule has 15 heteroatoms. The fourth-order valence-corrected chi connectivity index (χ4v) is 6.05. The number of hydrogen-bond donors (Lipinski definition) is 1. The molecule has 1 aliphatic carbocycles. The first-order valence-corrected chi connectivity index (χ1v) is 16.0. The minimum Gasteiger partial charge on any atom is -0.444 e. The van der Waals surface area contributed by atoms with Crippen LogP contribution in [0, 0.1) is 6.92 Å². The molecule has 5 rings (SSSR count). The molecule has 48 heavy (non-hydrogen) atoms. The van der Waals surface area contributed by atoms with Crippen LogP contribution in [0.5, 0.6) is 0 Å². The standard InChI is InChI=1S/C33H42F3N7O5/c1-7-25-27(40-14-16-41(17-15-40)31(46)48-32(3,4)5)29(45)43-30(38-28(39-43)21-8-11-23(47-6)12-9-21)42(25)19-26(44)37-24-13-10-22(18-20(24)2)33(34,35)36/h8,10,13,18,23H,7,9,11-12,14-17,19H2,1-6H3,(H,37,44)/t23-/m0/s1. The first-order valence-electron chi connectivity index (χ1n) is 16.0. The number of aryl methyl sites for hydroxylation is 1. The van der Waals surface area contributed by atoms with Gasteiger partial charge in [-0.2, -0.15) is 22.7 Å². The van der Waals surface area contributed by atoms with Gasteiger partial charge in [-0.25, -0.2) is 4.79 Å². The van der Waals surface area contributed by atoms with Crippen LogP contribution in [0.2, 0.25) is 0 Å². The first-order chi connectivity index (χ1) is 22.6. The molecule has 1 N–H and O–H groups in total.